The molecule has 2 aromatic rings. The van der Waals surface area contributed by atoms with Crippen LogP contribution >= 0.6 is 12.2 Å². The first-order valence-corrected chi connectivity index (χ1v) is 8.21. The number of ether oxygens (including phenoxy) is 1. The molecule has 2 atom stereocenters. The van der Waals surface area contributed by atoms with Gasteiger partial charge in [0.05, 0.1) is 18.3 Å². The fourth-order valence-electron chi connectivity index (χ4n) is 2.84. The standard InChI is InChI=1S/C17H19N3O3S/c1-3-22-14(21)10-20-16(13-8-7-11(2)23-13)15(19-17(20)24)12-6-4-5-9-18-12/h4-9,15-16H,3,10H2,1-2H3,(H,19,24)/t15-,16-/m1/s1. The molecule has 0 unspecified atom stereocenters. The van der Waals surface area contributed by atoms with E-state index in [0.29, 0.717) is 11.7 Å². The SMILES string of the molecule is CCOC(=O)CN1C(=S)N[C@H](c2ccccn2)[C@H]1c1ccc(C)o1. The molecule has 7 heteroatoms. The van der Waals surface area contributed by atoms with Crippen molar-refractivity contribution < 1.29 is 13.9 Å². The number of nitrogens with zero attached hydrogens (tertiary/aromatic N) is 2. The van der Waals surface area contributed by atoms with E-state index in [0.717, 1.165) is 17.2 Å². The zero-order chi connectivity index (χ0) is 17.1. The van der Waals surface area contributed by atoms with Crippen LogP contribution in [0.4, 0.5) is 0 Å². The Balaban J connectivity index is 1.95. The molecular formula is C17H19N3O3S. The molecule has 6 nitrogen and oxygen atoms in total. The van der Waals surface area contributed by atoms with E-state index in [1.54, 1.807) is 18.0 Å². The summed E-state index contributed by atoms with van der Waals surface area (Å²) in [6.07, 6.45) is 1.73. The van der Waals surface area contributed by atoms with Crippen molar-refractivity contribution >= 4 is 23.3 Å². The lowest BCUT2D eigenvalue weighted by atomic mass is 10.0. The Labute approximate surface area is 145 Å². The summed E-state index contributed by atoms with van der Waals surface area (Å²) in [6, 6.07) is 9.06. The van der Waals surface area contributed by atoms with Crippen molar-refractivity contribution in [3.05, 3.63) is 53.7 Å². The van der Waals surface area contributed by atoms with Crippen molar-refractivity contribution in [2.75, 3.05) is 13.2 Å². The number of carbonyl (C=O) groups excluding carboxylic acids is 1. The summed E-state index contributed by atoms with van der Waals surface area (Å²) in [5.41, 5.74) is 0.838. The van der Waals surface area contributed by atoms with Gasteiger partial charge in [0, 0.05) is 6.20 Å². The maximum Gasteiger partial charge on any atom is 0.325 e. The second kappa shape index (κ2) is 7.00. The van der Waals surface area contributed by atoms with Crippen LogP contribution in [0.25, 0.3) is 0 Å². The number of furan rings is 1. The molecule has 3 rings (SSSR count). The third-order valence-corrected chi connectivity index (χ3v) is 4.21. The molecule has 1 N–H and O–H groups in total. The molecule has 2 aromatic heterocycles. The van der Waals surface area contributed by atoms with E-state index >= 15 is 0 Å². The second-order valence-electron chi connectivity index (χ2n) is 5.51. The zero-order valence-electron chi connectivity index (χ0n) is 13.6. The van der Waals surface area contributed by atoms with Crippen LogP contribution in [-0.4, -0.2) is 34.1 Å². The van der Waals surface area contributed by atoms with Crippen LogP contribution in [0.2, 0.25) is 0 Å². The molecule has 1 fully saturated rings. The minimum absolute atomic E-state index is 0.0629. The molecular weight excluding hydrogens is 326 g/mol. The molecule has 0 bridgehead atoms. The average molecular weight is 345 g/mol. The number of esters is 1. The van der Waals surface area contributed by atoms with Crippen molar-refractivity contribution in [2.45, 2.75) is 25.9 Å². The van der Waals surface area contributed by atoms with Crippen LogP contribution in [0, 0.1) is 6.92 Å². The molecule has 0 spiro atoms. The van der Waals surface area contributed by atoms with E-state index in [1.807, 2.05) is 37.3 Å². The fraction of sp³-hybridized carbons (Fsp3) is 0.353. The minimum Gasteiger partial charge on any atom is -0.465 e. The van der Waals surface area contributed by atoms with Gasteiger partial charge in [0.25, 0.3) is 0 Å². The van der Waals surface area contributed by atoms with Crippen molar-refractivity contribution in [1.82, 2.24) is 15.2 Å². The molecule has 1 saturated heterocycles. The molecule has 0 aromatic carbocycles. The monoisotopic (exact) mass is 345 g/mol. The topological polar surface area (TPSA) is 67.6 Å². The first kappa shape index (κ1) is 16.4. The molecule has 1 aliphatic rings. The quantitative estimate of drug-likeness (QED) is 0.660. The van der Waals surface area contributed by atoms with Gasteiger partial charge in [-0.2, -0.15) is 0 Å². The Morgan fingerprint density at radius 2 is 2.25 bits per heavy atom. The van der Waals surface area contributed by atoms with Crippen molar-refractivity contribution in [1.29, 1.82) is 0 Å². The number of aryl methyl sites for hydroxylation is 1. The lowest BCUT2D eigenvalue weighted by Crippen LogP contribution is -2.35. The number of thiocarbonyl (C=S) groups is 1. The van der Waals surface area contributed by atoms with E-state index in [1.165, 1.54) is 0 Å². The van der Waals surface area contributed by atoms with Gasteiger partial charge in [0.1, 0.15) is 24.1 Å². The van der Waals surface area contributed by atoms with Gasteiger partial charge in [-0.05, 0) is 50.3 Å². The van der Waals surface area contributed by atoms with Crippen LogP contribution in [0.5, 0.6) is 0 Å². The summed E-state index contributed by atoms with van der Waals surface area (Å²) in [4.78, 5) is 18.2. The maximum absolute atomic E-state index is 12.0. The predicted octanol–water partition coefficient (Wildman–Crippen LogP) is 2.52. The van der Waals surface area contributed by atoms with Gasteiger partial charge < -0.3 is 19.4 Å². The summed E-state index contributed by atoms with van der Waals surface area (Å²) < 4.78 is 10.9. The van der Waals surface area contributed by atoms with E-state index < -0.39 is 0 Å². The van der Waals surface area contributed by atoms with Crippen LogP contribution in [0.15, 0.2) is 40.9 Å². The van der Waals surface area contributed by atoms with Gasteiger partial charge in [0.15, 0.2) is 5.11 Å². The molecule has 24 heavy (non-hydrogen) atoms. The van der Waals surface area contributed by atoms with Gasteiger partial charge in [-0.15, -0.1) is 0 Å². The highest BCUT2D eigenvalue weighted by molar-refractivity contribution is 7.80. The van der Waals surface area contributed by atoms with Gasteiger partial charge >= 0.3 is 5.97 Å². The third kappa shape index (κ3) is 3.26. The highest BCUT2D eigenvalue weighted by Crippen LogP contribution is 2.38. The Bertz CT molecular complexity index is 732. The molecule has 1 aliphatic heterocycles. The third-order valence-electron chi connectivity index (χ3n) is 3.86. The summed E-state index contributed by atoms with van der Waals surface area (Å²) in [7, 11) is 0. The molecule has 0 amide bonds. The van der Waals surface area contributed by atoms with Crippen molar-refractivity contribution in [2.24, 2.45) is 0 Å². The van der Waals surface area contributed by atoms with Crippen molar-refractivity contribution in [3.8, 4) is 0 Å². The van der Waals surface area contributed by atoms with Crippen LogP contribution in [-0.2, 0) is 9.53 Å². The first-order chi connectivity index (χ1) is 11.6. The second-order valence-corrected chi connectivity index (χ2v) is 5.89. The number of pyridine rings is 1. The molecule has 3 heterocycles. The Kier molecular flexibility index (Phi) is 4.80. The summed E-state index contributed by atoms with van der Waals surface area (Å²) in [5.74, 6) is 1.22. The molecule has 126 valence electrons. The van der Waals surface area contributed by atoms with Gasteiger partial charge in [-0.25, -0.2) is 0 Å². The number of nitrogens with one attached hydrogen (secondary N) is 1. The Hall–Kier alpha value is -2.41. The van der Waals surface area contributed by atoms with Gasteiger partial charge in [0.2, 0.25) is 0 Å². The number of carbonyl (C=O) groups is 1. The van der Waals surface area contributed by atoms with Crippen LogP contribution in [0.1, 0.15) is 36.2 Å². The van der Waals surface area contributed by atoms with Crippen LogP contribution < -0.4 is 5.32 Å². The molecule has 0 radical (unpaired) electrons. The van der Waals surface area contributed by atoms with E-state index in [9.17, 15) is 4.79 Å². The van der Waals surface area contributed by atoms with E-state index in [2.05, 4.69) is 10.3 Å². The zero-order valence-corrected chi connectivity index (χ0v) is 14.4. The highest BCUT2D eigenvalue weighted by atomic mass is 32.1. The maximum atomic E-state index is 12.0. The molecule has 0 aliphatic carbocycles. The predicted molar refractivity (Wildman–Crippen MR) is 92.2 cm³/mol. The smallest absolute Gasteiger partial charge is 0.325 e. The normalized spacial score (nSPS) is 20.1. The van der Waals surface area contributed by atoms with E-state index in [4.69, 9.17) is 21.4 Å². The average Bonchev–Trinajstić information content (AvgIpc) is 3.13. The summed E-state index contributed by atoms with van der Waals surface area (Å²) in [6.45, 7) is 4.06. The number of hydrogen-bond acceptors (Lipinski definition) is 5. The number of rotatable bonds is 5. The van der Waals surface area contributed by atoms with Crippen molar-refractivity contribution in [3.63, 3.8) is 0 Å². The minimum atomic E-state index is -0.323. The lowest BCUT2D eigenvalue weighted by molar-refractivity contribution is -0.143. The Morgan fingerprint density at radius 3 is 2.88 bits per heavy atom. The van der Waals surface area contributed by atoms with Gasteiger partial charge in [-0.3, -0.25) is 9.78 Å². The highest BCUT2D eigenvalue weighted by Gasteiger charge is 2.42. The number of hydrogen-bond donors (Lipinski definition) is 1. The summed E-state index contributed by atoms with van der Waals surface area (Å²) in [5, 5.41) is 3.74. The largest absolute Gasteiger partial charge is 0.465 e. The lowest BCUT2D eigenvalue weighted by Gasteiger charge is -2.25. The van der Waals surface area contributed by atoms with Gasteiger partial charge in [-0.1, -0.05) is 6.07 Å². The fourth-order valence-corrected chi connectivity index (χ4v) is 3.15. The Morgan fingerprint density at radius 1 is 1.42 bits per heavy atom. The first-order valence-electron chi connectivity index (χ1n) is 7.80. The number of aromatic nitrogens is 1. The van der Waals surface area contributed by atoms with E-state index in [-0.39, 0.29) is 24.6 Å². The van der Waals surface area contributed by atoms with Crippen LogP contribution in [0.3, 0.4) is 0 Å². The molecule has 0 saturated carbocycles. The summed E-state index contributed by atoms with van der Waals surface area (Å²) >= 11 is 5.44.